The molecule has 1 amide bonds. The van der Waals surface area contributed by atoms with Gasteiger partial charge >= 0.3 is 17.8 Å². The molecule has 0 atom stereocenters. The Morgan fingerprint density at radius 2 is 2.31 bits per heavy atom. The van der Waals surface area contributed by atoms with Crippen molar-refractivity contribution in [1.29, 1.82) is 0 Å². The van der Waals surface area contributed by atoms with Crippen LogP contribution in [0.4, 0.5) is 10.7 Å². The molecule has 0 spiro atoms. The van der Waals surface area contributed by atoms with Crippen LogP contribution in [0.25, 0.3) is 0 Å². The number of nitrogens with one attached hydrogen (secondary N) is 2. The van der Waals surface area contributed by atoms with Crippen molar-refractivity contribution >= 4 is 12.0 Å². The second-order valence-corrected chi connectivity index (χ2v) is 1.96. The normalized spacial score (nSPS) is 9.31. The molecule has 0 aromatic carbocycles. The highest BCUT2D eigenvalue weighted by Gasteiger charge is 2.05. The quantitative estimate of drug-likeness (QED) is 0.487. The number of carbonyl (C=O) groups excluding carboxylic acids is 1. The molecule has 8 nitrogen and oxygen atoms in total. The summed E-state index contributed by atoms with van der Waals surface area (Å²) in [6, 6.07) is -0.388. The predicted octanol–water partition coefficient (Wildman–Crippen LogP) is -1.53. The van der Waals surface area contributed by atoms with E-state index in [0.29, 0.717) is 0 Å². The first-order valence-corrected chi connectivity index (χ1v) is 3.25. The number of nitrogen functional groups attached to an aromatic ring is 1. The summed E-state index contributed by atoms with van der Waals surface area (Å²) < 4.78 is 4.45. The van der Waals surface area contributed by atoms with Crippen molar-refractivity contribution in [1.82, 2.24) is 20.3 Å². The number of nitrogens with zero attached hydrogens (tertiary/aromatic N) is 2. The highest BCUT2D eigenvalue weighted by molar-refractivity contribution is 5.68. The average Bonchev–Trinajstić information content (AvgIpc) is 2.02. The molecule has 1 aromatic heterocycles. The lowest BCUT2D eigenvalue weighted by Crippen LogP contribution is -2.25. The number of amides is 1. The van der Waals surface area contributed by atoms with Gasteiger partial charge in [0.15, 0.2) is 0 Å². The van der Waals surface area contributed by atoms with Crippen molar-refractivity contribution in [2.45, 2.75) is 0 Å². The highest BCUT2D eigenvalue weighted by Crippen LogP contribution is 1.97. The van der Waals surface area contributed by atoms with E-state index < -0.39 is 11.8 Å². The molecule has 0 radical (unpaired) electrons. The van der Waals surface area contributed by atoms with Gasteiger partial charge in [0.05, 0.1) is 0 Å². The zero-order chi connectivity index (χ0) is 9.84. The van der Waals surface area contributed by atoms with Crippen LogP contribution in [0.2, 0.25) is 0 Å². The van der Waals surface area contributed by atoms with Crippen molar-refractivity contribution in [3.8, 4) is 6.01 Å². The van der Waals surface area contributed by atoms with E-state index >= 15 is 0 Å². The van der Waals surface area contributed by atoms with Crippen LogP contribution in [-0.2, 0) is 0 Å². The van der Waals surface area contributed by atoms with Crippen molar-refractivity contribution in [2.24, 2.45) is 0 Å². The fraction of sp³-hybridized carbons (Fsp3) is 0.200. The summed E-state index contributed by atoms with van der Waals surface area (Å²) in [5.74, 6) is -0.168. The smallest absolute Gasteiger partial charge is 0.374 e. The van der Waals surface area contributed by atoms with E-state index in [9.17, 15) is 9.59 Å². The molecule has 1 heterocycles. The minimum Gasteiger partial charge on any atom is -0.374 e. The molecule has 0 unspecified atom stereocenters. The number of anilines is 1. The molecule has 0 saturated carbocycles. The lowest BCUT2D eigenvalue weighted by Gasteiger charge is -1.99. The van der Waals surface area contributed by atoms with E-state index in [1.54, 1.807) is 0 Å². The number of H-pyrrole nitrogens is 1. The summed E-state index contributed by atoms with van der Waals surface area (Å²) in [5.41, 5.74) is 4.43. The number of carbonyl (C=O) groups is 1. The Balaban J connectivity index is 2.89. The second-order valence-electron chi connectivity index (χ2n) is 1.96. The Hall–Kier alpha value is -2.12. The van der Waals surface area contributed by atoms with Crippen LogP contribution in [0.3, 0.4) is 0 Å². The van der Waals surface area contributed by atoms with Crippen LogP contribution in [-0.4, -0.2) is 28.1 Å². The standard InChI is InChI=1S/C5H7N5O3/c1-7-5(12)13-4-9-2(6)8-3(11)10-4/h1H3,(H,7,12)(H3,6,8,9,10,11). The van der Waals surface area contributed by atoms with E-state index in [4.69, 9.17) is 5.73 Å². The largest absolute Gasteiger partial charge is 0.414 e. The van der Waals surface area contributed by atoms with Crippen molar-refractivity contribution < 1.29 is 9.53 Å². The number of aromatic nitrogens is 3. The highest BCUT2D eigenvalue weighted by atomic mass is 16.6. The average molecular weight is 185 g/mol. The Bertz CT molecular complexity index is 373. The molecule has 0 aliphatic rings. The van der Waals surface area contributed by atoms with Crippen molar-refractivity contribution in [3.63, 3.8) is 0 Å². The molecule has 4 N–H and O–H groups in total. The van der Waals surface area contributed by atoms with Gasteiger partial charge in [-0.05, 0) is 0 Å². The van der Waals surface area contributed by atoms with E-state index in [1.807, 2.05) is 0 Å². The van der Waals surface area contributed by atoms with Crippen LogP contribution in [0.1, 0.15) is 0 Å². The Morgan fingerprint density at radius 3 is 2.85 bits per heavy atom. The molecule has 8 heteroatoms. The first kappa shape index (κ1) is 8.97. The minimum absolute atomic E-state index is 0.168. The summed E-state index contributed by atoms with van der Waals surface area (Å²) in [6.45, 7) is 0. The van der Waals surface area contributed by atoms with Crippen LogP contribution in [0, 0.1) is 0 Å². The SMILES string of the molecule is CNC(=O)Oc1nc(N)[nH]c(=O)n1. The van der Waals surface area contributed by atoms with Gasteiger partial charge in [-0.15, -0.1) is 4.98 Å². The molecule has 13 heavy (non-hydrogen) atoms. The van der Waals surface area contributed by atoms with Gasteiger partial charge in [0.1, 0.15) is 0 Å². The Kier molecular flexibility index (Phi) is 2.43. The lowest BCUT2D eigenvalue weighted by molar-refractivity contribution is 0.198. The first-order chi connectivity index (χ1) is 6.11. The van der Waals surface area contributed by atoms with E-state index in [2.05, 4.69) is 25.0 Å². The summed E-state index contributed by atoms with van der Waals surface area (Å²) in [5, 5.41) is 2.16. The zero-order valence-electron chi connectivity index (χ0n) is 6.70. The van der Waals surface area contributed by atoms with Crippen LogP contribution in [0.5, 0.6) is 6.01 Å². The van der Waals surface area contributed by atoms with E-state index in [-0.39, 0.29) is 12.0 Å². The summed E-state index contributed by atoms with van der Waals surface area (Å²) in [4.78, 5) is 30.1. The van der Waals surface area contributed by atoms with Gasteiger partial charge in [0.2, 0.25) is 5.95 Å². The maximum absolute atomic E-state index is 10.7. The molecule has 0 saturated heterocycles. The number of ether oxygens (including phenoxy) is 1. The van der Waals surface area contributed by atoms with Crippen LogP contribution < -0.4 is 21.5 Å². The fourth-order valence-electron chi connectivity index (χ4n) is 0.560. The molecule has 0 aliphatic carbocycles. The second kappa shape index (κ2) is 3.52. The van der Waals surface area contributed by atoms with Gasteiger partial charge < -0.3 is 15.8 Å². The van der Waals surface area contributed by atoms with Gasteiger partial charge in [0.25, 0.3) is 0 Å². The number of hydrogen-bond acceptors (Lipinski definition) is 6. The monoisotopic (exact) mass is 185 g/mol. The number of hydrogen-bond donors (Lipinski definition) is 3. The fourth-order valence-corrected chi connectivity index (χ4v) is 0.560. The molecule has 0 bridgehead atoms. The van der Waals surface area contributed by atoms with E-state index in [0.717, 1.165) is 0 Å². The maximum Gasteiger partial charge on any atom is 0.414 e. The summed E-state index contributed by atoms with van der Waals surface area (Å²) in [7, 11) is 1.36. The molecule has 0 aliphatic heterocycles. The molecular weight excluding hydrogens is 178 g/mol. The molecule has 1 aromatic rings. The van der Waals surface area contributed by atoms with Crippen molar-refractivity contribution in [2.75, 3.05) is 12.8 Å². The number of rotatable bonds is 1. The van der Waals surface area contributed by atoms with Gasteiger partial charge in [0, 0.05) is 7.05 Å². The third-order valence-corrected chi connectivity index (χ3v) is 1.04. The lowest BCUT2D eigenvalue weighted by atomic mass is 10.9. The number of nitrogens with two attached hydrogens (primary N) is 1. The van der Waals surface area contributed by atoms with Crippen molar-refractivity contribution in [3.05, 3.63) is 10.5 Å². The molecule has 0 fully saturated rings. The van der Waals surface area contributed by atoms with Crippen LogP contribution >= 0.6 is 0 Å². The molecule has 70 valence electrons. The Labute approximate surface area is 72.1 Å². The van der Waals surface area contributed by atoms with Gasteiger partial charge in [-0.3, -0.25) is 4.98 Å². The third kappa shape index (κ3) is 2.43. The topological polar surface area (TPSA) is 123 Å². The predicted molar refractivity (Wildman–Crippen MR) is 42.1 cm³/mol. The third-order valence-electron chi connectivity index (χ3n) is 1.04. The van der Waals surface area contributed by atoms with Gasteiger partial charge in [-0.1, -0.05) is 0 Å². The molecular formula is C5H7N5O3. The molecule has 1 rings (SSSR count). The number of aromatic amines is 1. The first-order valence-electron chi connectivity index (χ1n) is 3.25. The summed E-state index contributed by atoms with van der Waals surface area (Å²) >= 11 is 0. The minimum atomic E-state index is -0.773. The van der Waals surface area contributed by atoms with E-state index in [1.165, 1.54) is 7.05 Å². The Morgan fingerprint density at radius 1 is 1.62 bits per heavy atom. The zero-order valence-corrected chi connectivity index (χ0v) is 6.70. The summed E-state index contributed by atoms with van der Waals surface area (Å²) in [6.07, 6.45) is -0.773. The van der Waals surface area contributed by atoms with Gasteiger partial charge in [-0.25, -0.2) is 9.59 Å². The maximum atomic E-state index is 10.7. The van der Waals surface area contributed by atoms with Gasteiger partial charge in [-0.2, -0.15) is 4.98 Å². The van der Waals surface area contributed by atoms with Crippen LogP contribution in [0.15, 0.2) is 4.79 Å².